The van der Waals surface area contributed by atoms with E-state index in [1.807, 2.05) is 24.3 Å². The second kappa shape index (κ2) is 8.35. The lowest BCUT2D eigenvalue weighted by molar-refractivity contribution is -0.121. The molecular formula is C19H22N4O3. The van der Waals surface area contributed by atoms with E-state index in [1.165, 1.54) is 0 Å². The zero-order valence-corrected chi connectivity index (χ0v) is 14.5. The van der Waals surface area contributed by atoms with E-state index in [0.717, 1.165) is 11.3 Å². The summed E-state index contributed by atoms with van der Waals surface area (Å²) in [7, 11) is 1.58. The first-order chi connectivity index (χ1) is 12.7. The minimum atomic E-state index is -0.300. The van der Waals surface area contributed by atoms with E-state index in [0.29, 0.717) is 30.8 Å². The molecule has 7 nitrogen and oxygen atoms in total. The Morgan fingerprint density at radius 3 is 2.65 bits per heavy atom. The topological polar surface area (TPSA) is 91.5 Å². The molecule has 2 aromatic carbocycles. The van der Waals surface area contributed by atoms with E-state index in [1.54, 1.807) is 31.4 Å². The quantitative estimate of drug-likeness (QED) is 0.447. The monoisotopic (exact) mass is 354 g/mol. The molecule has 136 valence electrons. The summed E-state index contributed by atoms with van der Waals surface area (Å²) in [5.41, 5.74) is 8.95. The number of fused-ring (bicyclic) bond motifs is 1. The van der Waals surface area contributed by atoms with Gasteiger partial charge >= 0.3 is 0 Å². The minimum Gasteiger partial charge on any atom is -0.383 e. The maximum atomic E-state index is 12.3. The van der Waals surface area contributed by atoms with Crippen LogP contribution in [0.5, 0.6) is 0 Å². The average molecular weight is 354 g/mol. The van der Waals surface area contributed by atoms with Gasteiger partial charge in [-0.25, -0.2) is 0 Å². The van der Waals surface area contributed by atoms with Crippen molar-refractivity contribution in [1.29, 1.82) is 0 Å². The number of methoxy groups -OCH3 is 1. The molecule has 2 amide bonds. The summed E-state index contributed by atoms with van der Waals surface area (Å²) >= 11 is 0. The van der Waals surface area contributed by atoms with Crippen LogP contribution in [0.1, 0.15) is 15.9 Å². The lowest BCUT2D eigenvalue weighted by Gasteiger charge is -2.14. The lowest BCUT2D eigenvalue weighted by Crippen LogP contribution is -2.41. The first kappa shape index (κ1) is 17.8. The van der Waals surface area contributed by atoms with Crippen LogP contribution in [0.3, 0.4) is 0 Å². The van der Waals surface area contributed by atoms with E-state index in [9.17, 15) is 9.59 Å². The summed E-state index contributed by atoms with van der Waals surface area (Å²) in [6, 6.07) is 14.5. The Labute approximate surface area is 152 Å². The van der Waals surface area contributed by atoms with Crippen LogP contribution in [-0.2, 0) is 16.0 Å². The van der Waals surface area contributed by atoms with Gasteiger partial charge in [0.1, 0.15) is 6.04 Å². The lowest BCUT2D eigenvalue weighted by atomic mass is 10.1. The van der Waals surface area contributed by atoms with Gasteiger partial charge in [0.05, 0.1) is 12.3 Å². The number of hydrogen-bond donors (Lipinski definition) is 4. The second-order valence-electron chi connectivity index (χ2n) is 6.00. The predicted octanol–water partition coefficient (Wildman–Crippen LogP) is 1.54. The highest BCUT2D eigenvalue weighted by atomic mass is 16.5. The number of ether oxygens (including phenoxy) is 1. The molecule has 0 radical (unpaired) electrons. The molecule has 1 aliphatic heterocycles. The molecule has 4 N–H and O–H groups in total. The van der Waals surface area contributed by atoms with Crippen molar-refractivity contribution in [2.45, 2.75) is 12.5 Å². The zero-order valence-electron chi connectivity index (χ0n) is 14.5. The molecular weight excluding hydrogens is 332 g/mol. The van der Waals surface area contributed by atoms with Crippen molar-refractivity contribution in [3.8, 4) is 0 Å². The summed E-state index contributed by atoms with van der Waals surface area (Å²) in [6.45, 7) is 0.929. The molecule has 3 rings (SSSR count). The molecule has 1 aliphatic rings. The van der Waals surface area contributed by atoms with E-state index >= 15 is 0 Å². The van der Waals surface area contributed by atoms with Gasteiger partial charge < -0.3 is 15.4 Å². The van der Waals surface area contributed by atoms with Crippen molar-refractivity contribution in [1.82, 2.24) is 10.7 Å². The van der Waals surface area contributed by atoms with Crippen LogP contribution in [0.2, 0.25) is 0 Å². The molecule has 26 heavy (non-hydrogen) atoms. The Bertz CT molecular complexity index is 752. The van der Waals surface area contributed by atoms with Crippen molar-refractivity contribution >= 4 is 23.2 Å². The fourth-order valence-corrected chi connectivity index (χ4v) is 2.75. The van der Waals surface area contributed by atoms with Gasteiger partial charge in [-0.2, -0.15) is 0 Å². The molecule has 0 fully saturated rings. The van der Waals surface area contributed by atoms with Gasteiger partial charge in [-0.3, -0.25) is 20.4 Å². The maximum absolute atomic E-state index is 12.3. The van der Waals surface area contributed by atoms with Crippen molar-refractivity contribution in [2.24, 2.45) is 0 Å². The number of benzene rings is 2. The SMILES string of the molecule is COCCNC(=O)c1ccc(NNC(=O)C2Cc3ccccc3N2)cc1. The number of nitrogens with one attached hydrogen (secondary N) is 4. The van der Waals surface area contributed by atoms with E-state index in [2.05, 4.69) is 21.5 Å². The third kappa shape index (κ3) is 4.31. The minimum absolute atomic E-state index is 0.136. The summed E-state index contributed by atoms with van der Waals surface area (Å²) in [6.07, 6.45) is 0.657. The molecule has 1 heterocycles. The third-order valence-corrected chi connectivity index (χ3v) is 4.16. The van der Waals surface area contributed by atoms with Crippen molar-refractivity contribution in [3.63, 3.8) is 0 Å². The van der Waals surface area contributed by atoms with Crippen LogP contribution in [0.25, 0.3) is 0 Å². The predicted molar refractivity (Wildman–Crippen MR) is 100.0 cm³/mol. The summed E-state index contributed by atoms with van der Waals surface area (Å²) in [5.74, 6) is -0.298. The largest absolute Gasteiger partial charge is 0.383 e. The highest BCUT2D eigenvalue weighted by Crippen LogP contribution is 2.25. The van der Waals surface area contributed by atoms with Gasteiger partial charge in [0.15, 0.2) is 0 Å². The molecule has 0 aromatic heterocycles. The fourth-order valence-electron chi connectivity index (χ4n) is 2.75. The van der Waals surface area contributed by atoms with Crippen LogP contribution in [0.15, 0.2) is 48.5 Å². The van der Waals surface area contributed by atoms with E-state index in [-0.39, 0.29) is 17.9 Å². The number of para-hydroxylation sites is 1. The first-order valence-corrected chi connectivity index (χ1v) is 8.45. The van der Waals surface area contributed by atoms with Crippen molar-refractivity contribution < 1.29 is 14.3 Å². The zero-order chi connectivity index (χ0) is 18.4. The van der Waals surface area contributed by atoms with Crippen LogP contribution >= 0.6 is 0 Å². The molecule has 0 spiro atoms. The molecule has 0 bridgehead atoms. The summed E-state index contributed by atoms with van der Waals surface area (Å²) in [5, 5.41) is 5.96. The molecule has 0 aliphatic carbocycles. The summed E-state index contributed by atoms with van der Waals surface area (Å²) < 4.78 is 4.89. The van der Waals surface area contributed by atoms with Crippen molar-refractivity contribution in [3.05, 3.63) is 59.7 Å². The highest BCUT2D eigenvalue weighted by molar-refractivity contribution is 5.94. The van der Waals surface area contributed by atoms with Gasteiger partial charge in [0.2, 0.25) is 0 Å². The molecule has 0 saturated carbocycles. The number of hydrazine groups is 1. The Hall–Kier alpha value is -3.06. The van der Waals surface area contributed by atoms with Gasteiger partial charge in [-0.1, -0.05) is 18.2 Å². The van der Waals surface area contributed by atoms with Gasteiger partial charge in [-0.05, 0) is 35.9 Å². The number of carbonyl (C=O) groups excluding carboxylic acids is 2. The fraction of sp³-hybridized carbons (Fsp3) is 0.263. The third-order valence-electron chi connectivity index (χ3n) is 4.16. The number of amides is 2. The normalized spacial score (nSPS) is 14.9. The standard InChI is InChI=1S/C19H22N4O3/c1-26-11-10-20-18(24)13-6-8-15(9-7-13)22-23-19(25)17-12-14-4-2-3-5-16(14)21-17/h2-9,17,21-22H,10-12H2,1H3,(H,20,24)(H,23,25). The first-order valence-electron chi connectivity index (χ1n) is 8.45. The number of carbonyl (C=O) groups is 2. The molecule has 1 atom stereocenters. The number of rotatable bonds is 7. The average Bonchev–Trinajstić information content (AvgIpc) is 3.11. The molecule has 2 aromatic rings. The molecule has 0 saturated heterocycles. The Balaban J connectivity index is 1.48. The van der Waals surface area contributed by atoms with E-state index in [4.69, 9.17) is 4.74 Å². The smallest absolute Gasteiger partial charge is 0.261 e. The van der Waals surface area contributed by atoms with E-state index < -0.39 is 0 Å². The van der Waals surface area contributed by atoms with Gasteiger partial charge in [0.25, 0.3) is 11.8 Å². The second-order valence-corrected chi connectivity index (χ2v) is 6.00. The molecule has 1 unspecified atom stereocenters. The number of anilines is 2. The van der Waals surface area contributed by atoms with Crippen LogP contribution in [-0.4, -0.2) is 38.1 Å². The Morgan fingerprint density at radius 2 is 1.92 bits per heavy atom. The number of hydrogen-bond acceptors (Lipinski definition) is 5. The van der Waals surface area contributed by atoms with Crippen LogP contribution < -0.4 is 21.5 Å². The van der Waals surface area contributed by atoms with Gasteiger partial charge in [-0.15, -0.1) is 0 Å². The van der Waals surface area contributed by atoms with Crippen LogP contribution in [0, 0.1) is 0 Å². The van der Waals surface area contributed by atoms with Gasteiger partial charge in [0, 0.05) is 31.3 Å². The molecule has 7 heteroatoms. The Kier molecular flexibility index (Phi) is 5.70. The maximum Gasteiger partial charge on any atom is 0.261 e. The van der Waals surface area contributed by atoms with Crippen LogP contribution in [0.4, 0.5) is 11.4 Å². The Morgan fingerprint density at radius 1 is 1.15 bits per heavy atom. The summed E-state index contributed by atoms with van der Waals surface area (Å²) in [4.78, 5) is 24.2. The van der Waals surface area contributed by atoms with Crippen molar-refractivity contribution in [2.75, 3.05) is 31.0 Å². The highest BCUT2D eigenvalue weighted by Gasteiger charge is 2.26.